The number of esters is 1. The topological polar surface area (TPSA) is 87.1 Å². The van der Waals surface area contributed by atoms with Crippen LogP contribution in [-0.4, -0.2) is 47.3 Å². The second kappa shape index (κ2) is 9.76. The number of pyridine rings is 1. The van der Waals surface area contributed by atoms with Gasteiger partial charge in [0.25, 0.3) is 5.91 Å². The third kappa shape index (κ3) is 4.33. The largest absolute Gasteiger partial charge is 0.483 e. The fraction of sp³-hybridized carbons (Fsp3) is 0.296. The van der Waals surface area contributed by atoms with E-state index in [9.17, 15) is 14.4 Å². The van der Waals surface area contributed by atoms with Crippen LogP contribution >= 0.6 is 0 Å². The van der Waals surface area contributed by atoms with Crippen molar-refractivity contribution in [3.05, 3.63) is 99.5 Å². The van der Waals surface area contributed by atoms with E-state index in [1.54, 1.807) is 16.4 Å². The smallest absolute Gasteiger partial charge is 0.343 e. The van der Waals surface area contributed by atoms with Crippen molar-refractivity contribution < 1.29 is 23.8 Å². The number of ether oxygens (including phenoxy) is 3. The molecule has 2 atom stereocenters. The summed E-state index contributed by atoms with van der Waals surface area (Å²) in [6.07, 6.45) is 1.44. The van der Waals surface area contributed by atoms with Crippen LogP contribution in [-0.2, 0) is 22.5 Å². The number of aromatic nitrogens is 1. The van der Waals surface area contributed by atoms with Crippen molar-refractivity contribution in [2.24, 2.45) is 0 Å². The summed E-state index contributed by atoms with van der Waals surface area (Å²) in [5, 5.41) is 0. The predicted octanol–water partition coefficient (Wildman–Crippen LogP) is 3.20. The number of amides is 1. The van der Waals surface area contributed by atoms with Crippen molar-refractivity contribution in [3.63, 3.8) is 0 Å². The lowest BCUT2D eigenvalue weighted by Crippen LogP contribution is -2.50. The SMILES string of the molecule is CCOC(=O)c1cn2c(c(OCc3ccccc3)c1=O)C(=O)N1CCOC1[C@@H]2Cc1ccccc1. The number of hydrogen-bond donors (Lipinski definition) is 0. The summed E-state index contributed by atoms with van der Waals surface area (Å²) < 4.78 is 18.8. The number of hydrogen-bond acceptors (Lipinski definition) is 6. The Morgan fingerprint density at radius 2 is 1.71 bits per heavy atom. The zero-order valence-electron chi connectivity index (χ0n) is 19.4. The van der Waals surface area contributed by atoms with E-state index in [0.29, 0.717) is 19.6 Å². The Hall–Kier alpha value is -3.91. The highest BCUT2D eigenvalue weighted by Gasteiger charge is 2.45. The number of benzene rings is 2. The Bertz CT molecular complexity index is 1290. The van der Waals surface area contributed by atoms with Crippen LogP contribution in [0.5, 0.6) is 5.75 Å². The minimum absolute atomic E-state index is 0.0753. The molecule has 1 unspecified atom stereocenters. The standard InChI is InChI=1S/C27H26N2O6/c1-2-33-27(32)20-16-29-21(15-18-9-5-3-6-10-18)26-28(13-14-34-26)25(31)22(29)24(23(20)30)35-17-19-11-7-4-8-12-19/h3-12,16,21,26H,2,13-15,17H2,1H3/t21-,26?/m0/s1. The second-order valence-corrected chi connectivity index (χ2v) is 8.47. The maximum atomic E-state index is 13.6. The quantitative estimate of drug-likeness (QED) is 0.489. The zero-order chi connectivity index (χ0) is 24.4. The molecule has 8 heteroatoms. The monoisotopic (exact) mass is 474 g/mol. The molecule has 8 nitrogen and oxygen atoms in total. The summed E-state index contributed by atoms with van der Waals surface area (Å²) in [4.78, 5) is 41.4. The summed E-state index contributed by atoms with van der Waals surface area (Å²) in [7, 11) is 0. The van der Waals surface area contributed by atoms with E-state index in [4.69, 9.17) is 14.2 Å². The highest BCUT2D eigenvalue weighted by Crippen LogP contribution is 2.36. The van der Waals surface area contributed by atoms with Crippen molar-refractivity contribution >= 4 is 11.9 Å². The van der Waals surface area contributed by atoms with Crippen molar-refractivity contribution in [2.45, 2.75) is 32.2 Å². The fourth-order valence-electron chi connectivity index (χ4n) is 4.65. The number of carbonyl (C=O) groups is 2. The highest BCUT2D eigenvalue weighted by atomic mass is 16.5. The molecular formula is C27H26N2O6. The van der Waals surface area contributed by atoms with Crippen LogP contribution in [0, 0.1) is 0 Å². The van der Waals surface area contributed by atoms with E-state index in [-0.39, 0.29) is 42.2 Å². The molecule has 5 rings (SSSR count). The molecule has 35 heavy (non-hydrogen) atoms. The molecule has 1 fully saturated rings. The first kappa shape index (κ1) is 22.9. The molecule has 1 saturated heterocycles. The summed E-state index contributed by atoms with van der Waals surface area (Å²) >= 11 is 0. The van der Waals surface area contributed by atoms with Gasteiger partial charge in [-0.2, -0.15) is 0 Å². The number of nitrogens with zero attached hydrogens (tertiary/aromatic N) is 2. The molecule has 0 N–H and O–H groups in total. The van der Waals surface area contributed by atoms with Crippen molar-refractivity contribution in [1.29, 1.82) is 0 Å². The molecule has 3 heterocycles. The van der Waals surface area contributed by atoms with E-state index in [1.807, 2.05) is 60.7 Å². The van der Waals surface area contributed by atoms with Crippen LogP contribution < -0.4 is 10.2 Å². The molecule has 180 valence electrons. The van der Waals surface area contributed by atoms with Gasteiger partial charge in [-0.25, -0.2) is 4.79 Å². The molecule has 0 radical (unpaired) electrons. The lowest BCUT2D eigenvalue weighted by molar-refractivity contribution is -0.0153. The maximum Gasteiger partial charge on any atom is 0.343 e. The zero-order valence-corrected chi connectivity index (χ0v) is 19.4. The van der Waals surface area contributed by atoms with E-state index in [0.717, 1.165) is 11.1 Å². The molecule has 3 aromatic rings. The van der Waals surface area contributed by atoms with Crippen LogP contribution in [0.25, 0.3) is 0 Å². The number of rotatable bonds is 7. The van der Waals surface area contributed by atoms with E-state index in [1.165, 1.54) is 6.20 Å². The minimum Gasteiger partial charge on any atom is -0.483 e. The number of carbonyl (C=O) groups excluding carboxylic acids is 2. The number of fused-ring (bicyclic) bond motifs is 2. The summed E-state index contributed by atoms with van der Waals surface area (Å²) in [5.74, 6) is -1.25. The molecule has 1 aromatic heterocycles. The third-order valence-electron chi connectivity index (χ3n) is 6.28. The first-order chi connectivity index (χ1) is 17.1. The Morgan fingerprint density at radius 3 is 2.40 bits per heavy atom. The molecule has 0 aliphatic carbocycles. The summed E-state index contributed by atoms with van der Waals surface area (Å²) in [6, 6.07) is 18.8. The van der Waals surface area contributed by atoms with Gasteiger partial charge >= 0.3 is 5.97 Å². The van der Waals surface area contributed by atoms with Crippen molar-refractivity contribution in [1.82, 2.24) is 9.47 Å². The highest BCUT2D eigenvalue weighted by molar-refractivity contribution is 5.98. The van der Waals surface area contributed by atoms with Crippen molar-refractivity contribution in [3.8, 4) is 5.75 Å². The van der Waals surface area contributed by atoms with Crippen molar-refractivity contribution in [2.75, 3.05) is 19.8 Å². The van der Waals surface area contributed by atoms with Gasteiger partial charge in [0.1, 0.15) is 12.2 Å². The molecule has 1 amide bonds. The van der Waals surface area contributed by atoms with E-state index >= 15 is 0 Å². The average Bonchev–Trinajstić information content (AvgIpc) is 3.37. The second-order valence-electron chi connectivity index (χ2n) is 8.47. The molecule has 0 saturated carbocycles. The van der Waals surface area contributed by atoms with Crippen LogP contribution in [0.1, 0.15) is 44.9 Å². The maximum absolute atomic E-state index is 13.6. The predicted molar refractivity (Wildman–Crippen MR) is 127 cm³/mol. The van der Waals surface area contributed by atoms with Crippen LogP contribution in [0.15, 0.2) is 71.7 Å². The van der Waals surface area contributed by atoms with Gasteiger partial charge in [0.2, 0.25) is 5.43 Å². The Labute approximate surface area is 202 Å². The van der Waals surface area contributed by atoms with Gasteiger partial charge in [-0.1, -0.05) is 60.7 Å². The molecule has 0 spiro atoms. The molecule has 2 aliphatic rings. The van der Waals surface area contributed by atoms with Gasteiger partial charge in [0.15, 0.2) is 17.7 Å². The average molecular weight is 475 g/mol. The van der Waals surface area contributed by atoms with Gasteiger partial charge < -0.3 is 23.7 Å². The van der Waals surface area contributed by atoms with E-state index < -0.39 is 17.6 Å². The first-order valence-electron chi connectivity index (χ1n) is 11.7. The van der Waals surface area contributed by atoms with Crippen LogP contribution in [0.4, 0.5) is 0 Å². The van der Waals surface area contributed by atoms with E-state index in [2.05, 4.69) is 0 Å². The summed E-state index contributed by atoms with van der Waals surface area (Å²) in [5.41, 5.74) is 1.17. The third-order valence-corrected chi connectivity index (χ3v) is 6.28. The molecule has 0 bridgehead atoms. The molecular weight excluding hydrogens is 448 g/mol. The Balaban J connectivity index is 1.65. The van der Waals surface area contributed by atoms with Gasteiger partial charge in [0.05, 0.1) is 19.3 Å². The molecule has 2 aliphatic heterocycles. The normalized spacial score (nSPS) is 18.7. The van der Waals surface area contributed by atoms with Gasteiger partial charge in [-0.05, 0) is 24.5 Å². The summed E-state index contributed by atoms with van der Waals surface area (Å²) in [6.45, 7) is 2.68. The van der Waals surface area contributed by atoms with Gasteiger partial charge in [-0.3, -0.25) is 9.59 Å². The van der Waals surface area contributed by atoms with Crippen LogP contribution in [0.3, 0.4) is 0 Å². The lowest BCUT2D eigenvalue weighted by atomic mass is 9.99. The fourth-order valence-corrected chi connectivity index (χ4v) is 4.65. The minimum atomic E-state index is -0.752. The first-order valence-corrected chi connectivity index (χ1v) is 11.7. The van der Waals surface area contributed by atoms with Crippen LogP contribution in [0.2, 0.25) is 0 Å². The Kier molecular flexibility index (Phi) is 6.37. The molecule has 2 aromatic carbocycles. The Morgan fingerprint density at radius 1 is 1.03 bits per heavy atom. The van der Waals surface area contributed by atoms with Gasteiger partial charge in [0, 0.05) is 12.7 Å². The van der Waals surface area contributed by atoms with Gasteiger partial charge in [-0.15, -0.1) is 0 Å². The lowest BCUT2D eigenvalue weighted by Gasteiger charge is -2.39.